The number of carboxylic acids is 1. The topological polar surface area (TPSA) is 88.2 Å². The molecule has 2 heterocycles. The van der Waals surface area contributed by atoms with Gasteiger partial charge in [0.05, 0.1) is 17.8 Å². The lowest BCUT2D eigenvalue weighted by atomic mass is 9.96. The monoisotopic (exact) mass is 419 g/mol. The molecule has 0 saturated heterocycles. The maximum absolute atomic E-state index is 13.1. The molecule has 27 heavy (non-hydrogen) atoms. The minimum atomic E-state index is -4.87. The van der Waals surface area contributed by atoms with E-state index in [1.54, 1.807) is 18.2 Å². The van der Waals surface area contributed by atoms with E-state index in [0.717, 1.165) is 17.5 Å². The van der Waals surface area contributed by atoms with E-state index in [1.807, 2.05) is 0 Å². The number of benzene rings is 1. The van der Waals surface area contributed by atoms with Crippen molar-refractivity contribution in [2.24, 2.45) is 0 Å². The lowest BCUT2D eigenvalue weighted by molar-refractivity contribution is -0.269. The average molecular weight is 420 g/mol. The van der Waals surface area contributed by atoms with E-state index in [1.165, 1.54) is 11.6 Å². The Morgan fingerprint density at radius 2 is 2.07 bits per heavy atom. The molecule has 6 nitrogen and oxygen atoms in total. The van der Waals surface area contributed by atoms with Gasteiger partial charge < -0.3 is 10.2 Å². The summed E-state index contributed by atoms with van der Waals surface area (Å²) < 4.78 is 41.2. The number of rotatable bonds is 5. The molecule has 0 amide bonds. The van der Waals surface area contributed by atoms with E-state index in [2.05, 4.69) is 10.3 Å². The molecule has 1 aromatic carbocycles. The summed E-state index contributed by atoms with van der Waals surface area (Å²) in [6, 6.07) is 5.00. The van der Waals surface area contributed by atoms with Crippen molar-refractivity contribution in [1.29, 1.82) is 0 Å². The number of hydrogen-bond acceptors (Lipinski definition) is 5. The van der Waals surface area contributed by atoms with Gasteiger partial charge in [0, 0.05) is 10.1 Å². The first kappa shape index (κ1) is 19.6. The van der Waals surface area contributed by atoms with Crippen molar-refractivity contribution in [2.75, 3.05) is 0 Å². The predicted octanol–water partition coefficient (Wildman–Crippen LogP) is 4.05. The highest BCUT2D eigenvalue weighted by Gasteiger charge is 2.55. The third kappa shape index (κ3) is 3.40. The molecule has 2 N–H and O–H groups in total. The molecule has 0 fully saturated rings. The second kappa shape index (κ2) is 6.77. The number of carbonyl (C=O) groups is 1. The lowest BCUT2D eigenvalue weighted by Crippen LogP contribution is -2.42. The van der Waals surface area contributed by atoms with Crippen LogP contribution in [0.1, 0.15) is 34.3 Å². The number of alkyl halides is 3. The fraction of sp³-hybridized carbons (Fsp3) is 0.312. The highest BCUT2D eigenvalue weighted by Crippen LogP contribution is 2.40. The van der Waals surface area contributed by atoms with Crippen LogP contribution in [0.15, 0.2) is 24.4 Å². The van der Waals surface area contributed by atoms with Crippen molar-refractivity contribution in [1.82, 2.24) is 15.0 Å². The first-order valence-electron chi connectivity index (χ1n) is 7.70. The van der Waals surface area contributed by atoms with E-state index < -0.39 is 29.9 Å². The zero-order chi connectivity index (χ0) is 20.0. The third-order valence-corrected chi connectivity index (χ3v) is 5.82. The number of aromatic carboxylic acids is 1. The zero-order valence-corrected chi connectivity index (χ0v) is 15.4. The summed E-state index contributed by atoms with van der Waals surface area (Å²) in [5.41, 5.74) is -2.97. The quantitative estimate of drug-likeness (QED) is 0.651. The van der Waals surface area contributed by atoms with E-state index in [0.29, 0.717) is 15.6 Å². The largest absolute Gasteiger partial charge is 0.477 e. The lowest BCUT2D eigenvalue weighted by Gasteiger charge is -2.26. The number of fused-ring (bicyclic) bond motifs is 1. The molecule has 11 heteroatoms. The van der Waals surface area contributed by atoms with Crippen LogP contribution in [0.5, 0.6) is 0 Å². The van der Waals surface area contributed by atoms with Gasteiger partial charge in [-0.25, -0.2) is 9.48 Å². The van der Waals surface area contributed by atoms with Crippen LogP contribution in [-0.2, 0) is 12.1 Å². The molecular formula is C16H13ClF3N3O3S. The van der Waals surface area contributed by atoms with Gasteiger partial charge in [-0.1, -0.05) is 35.9 Å². The average Bonchev–Trinajstić information content (AvgIpc) is 3.18. The summed E-state index contributed by atoms with van der Waals surface area (Å²) in [6.07, 6.45) is -4.42. The molecule has 144 valence electrons. The second-order valence-corrected chi connectivity index (χ2v) is 7.32. The summed E-state index contributed by atoms with van der Waals surface area (Å²) >= 11 is 7.05. The molecule has 3 aromatic rings. The number of halogens is 4. The number of hydrogen-bond donors (Lipinski definition) is 2. The maximum atomic E-state index is 13.1. The Bertz CT molecular complexity index is 1020. The van der Waals surface area contributed by atoms with Crippen molar-refractivity contribution in [3.05, 3.63) is 45.6 Å². The number of aliphatic hydroxyl groups is 1. The van der Waals surface area contributed by atoms with Gasteiger partial charge in [0.25, 0.3) is 0 Å². The van der Waals surface area contributed by atoms with E-state index in [-0.39, 0.29) is 16.4 Å². The Hall–Kier alpha value is -2.17. The van der Waals surface area contributed by atoms with Crippen LogP contribution >= 0.6 is 22.9 Å². The number of nitrogens with zero attached hydrogens (tertiary/aromatic N) is 3. The highest BCUT2D eigenvalue weighted by atomic mass is 35.5. The van der Waals surface area contributed by atoms with E-state index >= 15 is 0 Å². The van der Waals surface area contributed by atoms with Gasteiger partial charge in [0.2, 0.25) is 5.60 Å². The van der Waals surface area contributed by atoms with Crippen LogP contribution in [-0.4, -0.2) is 37.4 Å². The molecule has 0 saturated carbocycles. The minimum absolute atomic E-state index is 0.0186. The number of carboxylic acid groups (broad SMARTS) is 1. The Morgan fingerprint density at radius 3 is 2.67 bits per heavy atom. The molecule has 3 rings (SSSR count). The zero-order valence-electron chi connectivity index (χ0n) is 13.8. The first-order valence-corrected chi connectivity index (χ1v) is 8.90. The van der Waals surface area contributed by atoms with Crippen LogP contribution < -0.4 is 0 Å². The molecule has 0 aliphatic carbocycles. The molecule has 0 aliphatic rings. The summed E-state index contributed by atoms with van der Waals surface area (Å²) in [6.45, 7) is 1.31. The highest BCUT2D eigenvalue weighted by molar-refractivity contribution is 7.21. The van der Waals surface area contributed by atoms with Gasteiger partial charge in [-0.15, -0.1) is 16.4 Å². The molecule has 1 atom stereocenters. The van der Waals surface area contributed by atoms with E-state index in [9.17, 15) is 23.1 Å². The Balaban J connectivity index is 1.90. The van der Waals surface area contributed by atoms with Gasteiger partial charge in [0.1, 0.15) is 10.6 Å². The van der Waals surface area contributed by atoms with Gasteiger partial charge >= 0.3 is 12.1 Å². The van der Waals surface area contributed by atoms with Crippen molar-refractivity contribution in [3.8, 4) is 0 Å². The third-order valence-electron chi connectivity index (χ3n) is 4.18. The standard InChI is InChI=1S/C16H13ClF3N3O3S/c1-2-15(26,16(18,19)20)11-7-23(22-21-11)6-8-3-4-9-10(5-8)27-13(12(9)17)14(24)25/h3-5,7,26H,2,6H2,1H3,(H,24,25). The molecule has 1 unspecified atom stereocenters. The van der Waals surface area contributed by atoms with Gasteiger partial charge in [-0.05, 0) is 18.1 Å². The summed E-state index contributed by atoms with van der Waals surface area (Å²) in [5.74, 6) is -1.13. The van der Waals surface area contributed by atoms with Gasteiger partial charge in [-0.3, -0.25) is 0 Å². The Kier molecular flexibility index (Phi) is 4.91. The minimum Gasteiger partial charge on any atom is -0.477 e. The normalized spacial score (nSPS) is 14.4. The molecule has 2 aromatic heterocycles. The predicted molar refractivity (Wildman–Crippen MR) is 93.2 cm³/mol. The van der Waals surface area contributed by atoms with Gasteiger partial charge in [-0.2, -0.15) is 13.2 Å². The number of thiophene rings is 1. The second-order valence-electron chi connectivity index (χ2n) is 5.89. The van der Waals surface area contributed by atoms with Crippen LogP contribution in [0.4, 0.5) is 13.2 Å². The summed E-state index contributed by atoms with van der Waals surface area (Å²) in [5, 5.41) is 26.9. The fourth-order valence-corrected chi connectivity index (χ4v) is 4.04. The molecule has 0 bridgehead atoms. The fourth-order valence-electron chi connectivity index (χ4n) is 2.62. The summed E-state index contributed by atoms with van der Waals surface area (Å²) in [7, 11) is 0. The van der Waals surface area contributed by atoms with Crippen molar-refractivity contribution in [2.45, 2.75) is 31.7 Å². The molecule has 0 radical (unpaired) electrons. The Morgan fingerprint density at radius 1 is 1.37 bits per heavy atom. The summed E-state index contributed by atoms with van der Waals surface area (Å²) in [4.78, 5) is 11.2. The first-order chi connectivity index (χ1) is 12.6. The number of aromatic nitrogens is 3. The smallest absolute Gasteiger partial charge is 0.423 e. The van der Waals surface area contributed by atoms with Crippen LogP contribution in [0.3, 0.4) is 0 Å². The van der Waals surface area contributed by atoms with Crippen LogP contribution in [0, 0.1) is 0 Å². The molecule has 0 spiro atoms. The van der Waals surface area contributed by atoms with Crippen molar-refractivity contribution < 1.29 is 28.2 Å². The van der Waals surface area contributed by atoms with Crippen molar-refractivity contribution >= 4 is 39.0 Å². The van der Waals surface area contributed by atoms with E-state index in [4.69, 9.17) is 16.7 Å². The Labute approximate surface area is 159 Å². The van der Waals surface area contributed by atoms with Crippen LogP contribution in [0.2, 0.25) is 5.02 Å². The maximum Gasteiger partial charge on any atom is 0.423 e. The molecule has 0 aliphatic heterocycles. The SMILES string of the molecule is CCC(O)(c1cn(Cc2ccc3c(Cl)c(C(=O)O)sc3c2)nn1)C(F)(F)F. The van der Waals surface area contributed by atoms with Gasteiger partial charge in [0.15, 0.2) is 0 Å². The van der Waals surface area contributed by atoms with Crippen LogP contribution in [0.25, 0.3) is 10.1 Å². The molecular weight excluding hydrogens is 407 g/mol. The van der Waals surface area contributed by atoms with Crippen molar-refractivity contribution in [3.63, 3.8) is 0 Å².